The number of hydrogen-bond acceptors (Lipinski definition) is 5. The number of amides is 3. The second kappa shape index (κ2) is 10.2. The highest BCUT2D eigenvalue weighted by Gasteiger charge is 2.36. The largest absolute Gasteiger partial charge is 0.492 e. The first-order valence-corrected chi connectivity index (χ1v) is 10.3. The van der Waals surface area contributed by atoms with E-state index in [0.29, 0.717) is 49.5 Å². The fourth-order valence-corrected chi connectivity index (χ4v) is 4.30. The van der Waals surface area contributed by atoms with Crippen LogP contribution >= 0.6 is 0 Å². The molecule has 2 bridgehead atoms. The predicted octanol–water partition coefficient (Wildman–Crippen LogP) is 1.86. The Balaban J connectivity index is 1.48. The van der Waals surface area contributed by atoms with E-state index in [4.69, 9.17) is 10.00 Å². The molecule has 0 aliphatic carbocycles. The number of hydrogen-bond donors (Lipinski definition) is 2. The fraction of sp³-hybridized carbons (Fsp3) is 0.571. The van der Waals surface area contributed by atoms with Gasteiger partial charge in [-0.2, -0.15) is 5.26 Å². The van der Waals surface area contributed by atoms with Crippen molar-refractivity contribution in [3.05, 3.63) is 29.8 Å². The number of likely N-dealkylation sites (tertiary alicyclic amines) is 2. The Hall–Kier alpha value is -2.99. The van der Waals surface area contributed by atoms with E-state index in [1.165, 1.54) is 4.90 Å². The van der Waals surface area contributed by atoms with Crippen molar-refractivity contribution in [2.45, 2.75) is 13.3 Å². The predicted molar refractivity (Wildman–Crippen MR) is 110 cm³/mol. The topological polar surface area (TPSA) is 109 Å². The van der Waals surface area contributed by atoms with Gasteiger partial charge in [-0.15, -0.1) is 0 Å². The van der Waals surface area contributed by atoms with E-state index in [9.17, 15) is 14.7 Å². The number of urea groups is 1. The summed E-state index contributed by atoms with van der Waals surface area (Å²) < 4.78 is 5.63. The molecule has 0 saturated carbocycles. The molecule has 2 unspecified atom stereocenters. The summed E-state index contributed by atoms with van der Waals surface area (Å²) in [4.78, 5) is 29.3. The second-order valence-corrected chi connectivity index (χ2v) is 7.92. The van der Waals surface area contributed by atoms with E-state index in [1.54, 1.807) is 24.3 Å². The molecule has 2 aliphatic heterocycles. The van der Waals surface area contributed by atoms with Crippen LogP contribution in [0.3, 0.4) is 0 Å². The number of piperidine rings is 2. The summed E-state index contributed by atoms with van der Waals surface area (Å²) in [5, 5.41) is 21.3. The third-order valence-corrected chi connectivity index (χ3v) is 5.53. The molecule has 3 rings (SSSR count). The van der Waals surface area contributed by atoms with E-state index in [0.717, 1.165) is 19.5 Å². The molecule has 30 heavy (non-hydrogen) atoms. The lowest BCUT2D eigenvalue weighted by Crippen LogP contribution is -2.57. The Morgan fingerprint density at radius 1 is 1.23 bits per heavy atom. The monoisotopic (exact) mass is 415 g/mol. The van der Waals surface area contributed by atoms with Gasteiger partial charge in [0.05, 0.1) is 24.8 Å². The first-order chi connectivity index (χ1) is 14.5. The normalized spacial score (nSPS) is 20.9. The van der Waals surface area contributed by atoms with Crippen LogP contribution in [0.4, 0.5) is 9.59 Å². The van der Waals surface area contributed by atoms with Gasteiger partial charge < -0.3 is 20.1 Å². The van der Waals surface area contributed by atoms with E-state index in [-0.39, 0.29) is 19.2 Å². The van der Waals surface area contributed by atoms with Crippen LogP contribution in [0.25, 0.3) is 0 Å². The van der Waals surface area contributed by atoms with Crippen molar-refractivity contribution < 1.29 is 19.4 Å². The number of carbonyl (C=O) groups excluding carboxylic acids is 1. The van der Waals surface area contributed by atoms with E-state index < -0.39 is 6.09 Å². The van der Waals surface area contributed by atoms with Gasteiger partial charge in [-0.1, -0.05) is 0 Å². The number of rotatable bonds is 7. The van der Waals surface area contributed by atoms with Crippen molar-refractivity contribution in [3.8, 4) is 11.8 Å². The molecule has 2 fully saturated rings. The molecular formula is C21H29N5O4. The van der Waals surface area contributed by atoms with Gasteiger partial charge in [0, 0.05) is 32.7 Å². The van der Waals surface area contributed by atoms with Crippen molar-refractivity contribution in [1.82, 2.24) is 20.0 Å². The van der Waals surface area contributed by atoms with Gasteiger partial charge in [0.15, 0.2) is 0 Å². The van der Waals surface area contributed by atoms with Crippen LogP contribution in [0.15, 0.2) is 24.3 Å². The van der Waals surface area contributed by atoms with Crippen LogP contribution < -0.4 is 10.1 Å². The molecule has 0 aromatic heterocycles. The van der Waals surface area contributed by atoms with Gasteiger partial charge in [-0.25, -0.2) is 9.59 Å². The maximum absolute atomic E-state index is 12.1. The number of benzene rings is 1. The average Bonchev–Trinajstić information content (AvgIpc) is 2.73. The minimum atomic E-state index is -0.974. The third kappa shape index (κ3) is 5.76. The molecule has 3 amide bonds. The highest BCUT2D eigenvalue weighted by Crippen LogP contribution is 2.28. The van der Waals surface area contributed by atoms with Gasteiger partial charge in [0.2, 0.25) is 0 Å². The Kier molecular flexibility index (Phi) is 7.36. The summed E-state index contributed by atoms with van der Waals surface area (Å²) in [5.41, 5.74) is 0.552. The number of carbonyl (C=O) groups is 2. The molecule has 162 valence electrons. The Labute approximate surface area is 176 Å². The number of fused-ring (bicyclic) bond motifs is 2. The molecule has 9 nitrogen and oxygen atoms in total. The van der Waals surface area contributed by atoms with Crippen molar-refractivity contribution in [2.75, 3.05) is 52.5 Å². The van der Waals surface area contributed by atoms with Crippen molar-refractivity contribution >= 4 is 12.1 Å². The molecule has 0 spiro atoms. The number of nitrogens with zero attached hydrogens (tertiary/aromatic N) is 4. The van der Waals surface area contributed by atoms with Crippen molar-refractivity contribution in [1.29, 1.82) is 5.26 Å². The minimum absolute atomic E-state index is 0.00670. The molecule has 2 heterocycles. The lowest BCUT2D eigenvalue weighted by molar-refractivity contribution is 0.0159. The highest BCUT2D eigenvalue weighted by molar-refractivity contribution is 5.74. The van der Waals surface area contributed by atoms with Gasteiger partial charge in [0.1, 0.15) is 12.4 Å². The summed E-state index contributed by atoms with van der Waals surface area (Å²) in [6, 6.07) is 8.79. The average molecular weight is 415 g/mol. The fourth-order valence-electron chi connectivity index (χ4n) is 4.30. The summed E-state index contributed by atoms with van der Waals surface area (Å²) in [6.45, 7) is 6.36. The van der Waals surface area contributed by atoms with Gasteiger partial charge in [-0.3, -0.25) is 9.80 Å². The van der Waals surface area contributed by atoms with Crippen LogP contribution in [-0.4, -0.2) is 84.5 Å². The first kappa shape index (κ1) is 21.7. The zero-order valence-corrected chi connectivity index (χ0v) is 17.3. The molecule has 9 heteroatoms. The summed E-state index contributed by atoms with van der Waals surface area (Å²) in [7, 11) is 0. The lowest BCUT2D eigenvalue weighted by Gasteiger charge is -2.46. The SMILES string of the molecule is CCNC(=O)N1CC2CC(CN(CN(CCOc3ccc(C#N)cc3)C(=O)O)C2)C1. The first-order valence-electron chi connectivity index (χ1n) is 10.3. The Morgan fingerprint density at radius 3 is 2.47 bits per heavy atom. The zero-order valence-electron chi connectivity index (χ0n) is 17.3. The lowest BCUT2D eigenvalue weighted by atomic mass is 9.85. The standard InChI is InChI=1S/C21H29N5O4/c1-2-23-20(27)26-13-17-9-18(14-26)12-24(11-17)15-25(21(28)29)7-8-30-19-5-3-16(10-22)4-6-19/h3-6,17-18H,2,7-9,11-15H2,1H3,(H,23,27)(H,28,29). The van der Waals surface area contributed by atoms with E-state index in [2.05, 4.69) is 10.2 Å². The van der Waals surface area contributed by atoms with Crippen molar-refractivity contribution in [3.63, 3.8) is 0 Å². The molecule has 2 atom stereocenters. The van der Waals surface area contributed by atoms with Crippen LogP contribution in [0.2, 0.25) is 0 Å². The molecule has 0 radical (unpaired) electrons. The third-order valence-electron chi connectivity index (χ3n) is 5.53. The number of nitriles is 1. The summed E-state index contributed by atoms with van der Waals surface area (Å²) in [5.74, 6) is 1.34. The summed E-state index contributed by atoms with van der Waals surface area (Å²) >= 11 is 0. The molecule has 1 aromatic carbocycles. The second-order valence-electron chi connectivity index (χ2n) is 7.92. The zero-order chi connectivity index (χ0) is 21.5. The Morgan fingerprint density at radius 2 is 1.90 bits per heavy atom. The number of carboxylic acid groups (broad SMARTS) is 1. The number of ether oxygens (including phenoxy) is 1. The molecule has 1 aromatic rings. The minimum Gasteiger partial charge on any atom is -0.492 e. The molecule has 2 saturated heterocycles. The van der Waals surface area contributed by atoms with E-state index in [1.807, 2.05) is 17.9 Å². The molecular weight excluding hydrogens is 386 g/mol. The molecule has 2 N–H and O–H groups in total. The van der Waals surface area contributed by atoms with E-state index >= 15 is 0 Å². The maximum atomic E-state index is 12.1. The van der Waals surface area contributed by atoms with Crippen LogP contribution in [0.5, 0.6) is 5.75 Å². The molecule has 2 aliphatic rings. The van der Waals surface area contributed by atoms with Gasteiger partial charge in [-0.05, 0) is 49.4 Å². The van der Waals surface area contributed by atoms with Crippen molar-refractivity contribution in [2.24, 2.45) is 11.8 Å². The van der Waals surface area contributed by atoms with Crippen LogP contribution in [-0.2, 0) is 0 Å². The highest BCUT2D eigenvalue weighted by atomic mass is 16.5. The Bertz CT molecular complexity index is 765. The smallest absolute Gasteiger partial charge is 0.408 e. The van der Waals surface area contributed by atoms with Gasteiger partial charge in [0.25, 0.3) is 0 Å². The van der Waals surface area contributed by atoms with Gasteiger partial charge >= 0.3 is 12.1 Å². The van der Waals surface area contributed by atoms with Crippen LogP contribution in [0, 0.1) is 23.2 Å². The number of nitrogens with one attached hydrogen (secondary N) is 1. The summed E-state index contributed by atoms with van der Waals surface area (Å²) in [6.07, 6.45) is 0.111. The quantitative estimate of drug-likeness (QED) is 0.704. The maximum Gasteiger partial charge on any atom is 0.408 e. The van der Waals surface area contributed by atoms with Crippen LogP contribution in [0.1, 0.15) is 18.9 Å².